The number of benzene rings is 2. The van der Waals surface area contributed by atoms with Gasteiger partial charge in [-0.05, 0) is 23.8 Å². The summed E-state index contributed by atoms with van der Waals surface area (Å²) in [4.78, 5) is 18.0. The van der Waals surface area contributed by atoms with Gasteiger partial charge >= 0.3 is 0 Å². The predicted octanol–water partition coefficient (Wildman–Crippen LogP) is 4.12. The van der Waals surface area contributed by atoms with E-state index in [1.54, 1.807) is 12.1 Å². The van der Waals surface area contributed by atoms with Crippen molar-refractivity contribution >= 4 is 23.2 Å². The zero-order chi connectivity index (χ0) is 15.7. The van der Waals surface area contributed by atoms with E-state index in [4.69, 9.17) is 23.2 Å². The van der Waals surface area contributed by atoms with Gasteiger partial charge in [0.1, 0.15) is 5.82 Å². The van der Waals surface area contributed by atoms with Gasteiger partial charge in [0.25, 0.3) is 5.56 Å². The highest BCUT2D eigenvalue weighted by Crippen LogP contribution is 2.32. The van der Waals surface area contributed by atoms with E-state index in [1.807, 2.05) is 30.3 Å². The minimum atomic E-state index is -0.583. The average molecular weight is 333 g/mol. The fourth-order valence-corrected chi connectivity index (χ4v) is 2.61. The van der Waals surface area contributed by atoms with E-state index in [0.717, 1.165) is 17.3 Å². The Kier molecular flexibility index (Phi) is 3.88. The van der Waals surface area contributed by atoms with Crippen LogP contribution in [0.2, 0.25) is 10.0 Å². The molecule has 110 valence electrons. The molecule has 0 fully saturated rings. The number of H-pyrrole nitrogens is 1. The van der Waals surface area contributed by atoms with Crippen molar-refractivity contribution in [2.45, 2.75) is 0 Å². The third kappa shape index (κ3) is 2.84. The molecular formula is C16H10Cl2N2O2. The van der Waals surface area contributed by atoms with Crippen molar-refractivity contribution < 1.29 is 5.11 Å². The summed E-state index contributed by atoms with van der Waals surface area (Å²) in [6.07, 6.45) is 1.12. The van der Waals surface area contributed by atoms with Gasteiger partial charge in [0, 0.05) is 21.2 Å². The Bertz CT molecular complexity index is 907. The Hall–Kier alpha value is -2.30. The van der Waals surface area contributed by atoms with Crippen LogP contribution in [-0.4, -0.2) is 15.1 Å². The topological polar surface area (TPSA) is 66.0 Å². The first kappa shape index (κ1) is 14.6. The normalized spacial score (nSPS) is 10.6. The number of hydrogen-bond acceptors (Lipinski definition) is 3. The maximum atomic E-state index is 11.5. The Morgan fingerprint density at radius 3 is 2.55 bits per heavy atom. The molecule has 0 aliphatic carbocycles. The molecule has 0 unspecified atom stereocenters. The van der Waals surface area contributed by atoms with E-state index >= 15 is 0 Å². The maximum absolute atomic E-state index is 11.5. The molecule has 6 heteroatoms. The lowest BCUT2D eigenvalue weighted by Crippen LogP contribution is -2.07. The second-order valence-corrected chi connectivity index (χ2v) is 5.49. The van der Waals surface area contributed by atoms with Crippen LogP contribution in [0.5, 0.6) is 5.75 Å². The van der Waals surface area contributed by atoms with Gasteiger partial charge in [0.05, 0.1) is 6.20 Å². The molecule has 0 atom stereocenters. The molecule has 0 saturated carbocycles. The second-order valence-electron chi connectivity index (χ2n) is 4.65. The van der Waals surface area contributed by atoms with Crippen molar-refractivity contribution in [2.24, 2.45) is 0 Å². The molecule has 1 aromatic heterocycles. The number of rotatable bonds is 2. The summed E-state index contributed by atoms with van der Waals surface area (Å²) in [5.74, 6) is -0.0459. The minimum Gasteiger partial charge on any atom is -0.502 e. The summed E-state index contributed by atoms with van der Waals surface area (Å²) in [6.45, 7) is 0. The van der Waals surface area contributed by atoms with Gasteiger partial charge in [-0.1, -0.05) is 47.5 Å². The van der Waals surface area contributed by atoms with Gasteiger partial charge in [0.2, 0.25) is 0 Å². The molecule has 0 saturated heterocycles. The molecule has 4 nitrogen and oxygen atoms in total. The molecule has 0 amide bonds. The highest BCUT2D eigenvalue weighted by molar-refractivity contribution is 6.36. The summed E-state index contributed by atoms with van der Waals surface area (Å²) in [5.41, 5.74) is 1.82. The van der Waals surface area contributed by atoms with Gasteiger partial charge in [-0.2, -0.15) is 0 Å². The molecule has 22 heavy (non-hydrogen) atoms. The average Bonchev–Trinajstić information content (AvgIpc) is 2.50. The van der Waals surface area contributed by atoms with Crippen LogP contribution in [-0.2, 0) is 0 Å². The van der Waals surface area contributed by atoms with Crippen molar-refractivity contribution in [3.05, 3.63) is 69.1 Å². The van der Waals surface area contributed by atoms with Crippen molar-refractivity contribution in [1.29, 1.82) is 0 Å². The lowest BCUT2D eigenvalue weighted by Gasteiger charge is -2.07. The van der Waals surface area contributed by atoms with Gasteiger partial charge in [-0.15, -0.1) is 0 Å². The van der Waals surface area contributed by atoms with Gasteiger partial charge in [-0.25, -0.2) is 4.98 Å². The number of hydrogen-bond donors (Lipinski definition) is 2. The maximum Gasteiger partial charge on any atom is 0.293 e. The number of aromatic hydroxyl groups is 1. The van der Waals surface area contributed by atoms with Crippen molar-refractivity contribution in [2.75, 3.05) is 0 Å². The minimum absolute atomic E-state index is 0.370. The van der Waals surface area contributed by atoms with Crippen LogP contribution < -0.4 is 5.56 Å². The van der Waals surface area contributed by atoms with Crippen LogP contribution in [0.15, 0.2) is 53.5 Å². The zero-order valence-electron chi connectivity index (χ0n) is 11.2. The molecule has 0 aliphatic heterocycles. The summed E-state index contributed by atoms with van der Waals surface area (Å²) in [5, 5.41) is 10.4. The second kappa shape index (κ2) is 5.83. The molecule has 3 rings (SSSR count). The number of halogens is 2. The number of aromatic nitrogens is 2. The van der Waals surface area contributed by atoms with E-state index in [1.165, 1.54) is 0 Å². The molecule has 2 N–H and O–H groups in total. The molecule has 2 aromatic carbocycles. The van der Waals surface area contributed by atoms with Gasteiger partial charge < -0.3 is 10.1 Å². The highest BCUT2D eigenvalue weighted by atomic mass is 35.5. The fourth-order valence-electron chi connectivity index (χ4n) is 2.09. The van der Waals surface area contributed by atoms with Crippen molar-refractivity contribution in [3.63, 3.8) is 0 Å². The highest BCUT2D eigenvalue weighted by Gasteiger charge is 2.08. The lowest BCUT2D eigenvalue weighted by molar-refractivity contribution is 0.463. The molecule has 0 radical (unpaired) electrons. The van der Waals surface area contributed by atoms with E-state index in [9.17, 15) is 9.90 Å². The first-order chi connectivity index (χ1) is 10.5. The van der Waals surface area contributed by atoms with E-state index in [-0.39, 0.29) is 0 Å². The van der Waals surface area contributed by atoms with Crippen LogP contribution in [0.25, 0.3) is 22.5 Å². The standard InChI is InChI=1S/C16H10Cl2N2O2/c17-11-4-5-12(13(18)7-11)9-2-1-3-10(6-9)15-19-8-14(21)16(22)20-15/h1-8,21H,(H,19,20,22). The zero-order valence-corrected chi connectivity index (χ0v) is 12.7. The summed E-state index contributed by atoms with van der Waals surface area (Å²) in [6, 6.07) is 12.7. The third-order valence-electron chi connectivity index (χ3n) is 3.16. The summed E-state index contributed by atoms with van der Waals surface area (Å²) >= 11 is 12.1. The molecule has 3 aromatic rings. The van der Waals surface area contributed by atoms with Crippen molar-refractivity contribution in [1.82, 2.24) is 9.97 Å². The Morgan fingerprint density at radius 1 is 1.05 bits per heavy atom. The quantitative estimate of drug-likeness (QED) is 0.741. The third-order valence-corrected chi connectivity index (χ3v) is 3.71. The first-order valence-corrected chi connectivity index (χ1v) is 7.14. The van der Waals surface area contributed by atoms with E-state index < -0.39 is 11.3 Å². The van der Waals surface area contributed by atoms with Gasteiger partial charge in [-0.3, -0.25) is 4.79 Å². The molecule has 1 heterocycles. The van der Waals surface area contributed by atoms with Crippen LogP contribution in [0, 0.1) is 0 Å². The van der Waals surface area contributed by atoms with E-state index in [0.29, 0.717) is 21.4 Å². The van der Waals surface area contributed by atoms with Crippen molar-refractivity contribution in [3.8, 4) is 28.3 Å². The summed E-state index contributed by atoms with van der Waals surface area (Å²) < 4.78 is 0. The molecule has 0 spiro atoms. The largest absolute Gasteiger partial charge is 0.502 e. The molecule has 0 bridgehead atoms. The Balaban J connectivity index is 2.09. The predicted molar refractivity (Wildman–Crippen MR) is 87.4 cm³/mol. The SMILES string of the molecule is O=c1[nH]c(-c2cccc(-c3ccc(Cl)cc3Cl)c2)ncc1O. The molecular weight excluding hydrogens is 323 g/mol. The number of aromatic amines is 1. The number of nitrogens with zero attached hydrogens (tertiary/aromatic N) is 1. The monoisotopic (exact) mass is 332 g/mol. The van der Waals surface area contributed by atoms with Crippen LogP contribution in [0.3, 0.4) is 0 Å². The van der Waals surface area contributed by atoms with Crippen LogP contribution in [0.4, 0.5) is 0 Å². The first-order valence-electron chi connectivity index (χ1n) is 6.39. The van der Waals surface area contributed by atoms with Gasteiger partial charge in [0.15, 0.2) is 5.75 Å². The van der Waals surface area contributed by atoms with Crippen LogP contribution in [0.1, 0.15) is 0 Å². The lowest BCUT2D eigenvalue weighted by atomic mass is 10.0. The fraction of sp³-hybridized carbons (Fsp3) is 0. The Morgan fingerprint density at radius 2 is 1.82 bits per heavy atom. The smallest absolute Gasteiger partial charge is 0.293 e. The Labute approximate surface area is 136 Å². The van der Waals surface area contributed by atoms with Crippen LogP contribution >= 0.6 is 23.2 Å². The van der Waals surface area contributed by atoms with E-state index in [2.05, 4.69) is 9.97 Å². The molecule has 0 aliphatic rings. The summed E-state index contributed by atoms with van der Waals surface area (Å²) in [7, 11) is 0. The number of nitrogens with one attached hydrogen (secondary N) is 1.